The van der Waals surface area contributed by atoms with Crippen LogP contribution in [0.25, 0.3) is 0 Å². The topological polar surface area (TPSA) is 77.8 Å². The first-order valence-electron chi connectivity index (χ1n) is 8.69. The van der Waals surface area contributed by atoms with Crippen molar-refractivity contribution >= 4 is 0 Å². The van der Waals surface area contributed by atoms with E-state index in [1.54, 1.807) is 6.92 Å². The molecule has 0 saturated carbocycles. The van der Waals surface area contributed by atoms with Crippen LogP contribution in [-0.2, 0) is 23.7 Å². The van der Waals surface area contributed by atoms with Gasteiger partial charge in [-0.2, -0.15) is 12.8 Å². The Bertz CT molecular complexity index is 89.0. The number of aliphatic hydroxyl groups excluding tert-OH is 3. The van der Waals surface area contributed by atoms with Crippen molar-refractivity contribution in [3.63, 3.8) is 0 Å². The van der Waals surface area contributed by atoms with Crippen molar-refractivity contribution < 1.29 is 39.0 Å². The fourth-order valence-corrected chi connectivity index (χ4v) is 0.316. The third-order valence-electron chi connectivity index (χ3n) is 1.73. The molecule has 0 saturated heterocycles. The van der Waals surface area contributed by atoms with Crippen LogP contribution in [-0.4, -0.2) is 35.1 Å². The van der Waals surface area contributed by atoms with Crippen molar-refractivity contribution in [2.45, 2.75) is 86.0 Å². The van der Waals surface area contributed by atoms with E-state index in [1.165, 1.54) is 12.8 Å². The Morgan fingerprint density at radius 3 is 0.826 bits per heavy atom. The van der Waals surface area contributed by atoms with Crippen molar-refractivity contribution in [2.75, 3.05) is 19.8 Å². The third-order valence-corrected chi connectivity index (χ3v) is 1.73. The molecule has 0 aromatic heterocycles. The van der Waals surface area contributed by atoms with E-state index in [-0.39, 0.29) is 6.61 Å². The van der Waals surface area contributed by atoms with Crippen LogP contribution in [0.1, 0.15) is 86.0 Å². The zero-order valence-corrected chi connectivity index (χ0v) is 18.0. The standard InChI is InChI=1S/2C4H10O.2C4H9.C2H6O.O.Ti/c2*1-2-3-4-5;2*1-3-4-2;1-2-3;;/h2*5H,2-4H2,1H3;2*1,3-4H2,2H3;3H,2H2,1H3;;/q;;2*-1;;;+2. The van der Waals surface area contributed by atoms with E-state index in [0.29, 0.717) is 13.2 Å². The molecule has 0 amide bonds. The minimum absolute atomic E-state index is 0.250. The molecular formula is C18H44O4Ti. The van der Waals surface area contributed by atoms with Crippen molar-refractivity contribution in [3.8, 4) is 0 Å². The Kier molecular flexibility index (Phi) is 133. The zero-order chi connectivity index (χ0) is 19.8. The SMILES string of the molecule is CCCCO.CCCCO.CCO.[CH2-]CCC.[CH2-]CCC.[O]=[Ti+2]. The summed E-state index contributed by atoms with van der Waals surface area (Å²) in [5.74, 6) is 0. The van der Waals surface area contributed by atoms with E-state index in [1.807, 2.05) is 0 Å². The second-order valence-corrected chi connectivity index (χ2v) is 4.18. The Morgan fingerprint density at radius 2 is 0.826 bits per heavy atom. The Morgan fingerprint density at radius 1 is 0.652 bits per heavy atom. The van der Waals surface area contributed by atoms with Gasteiger partial charge in [-0.15, -0.1) is 0 Å². The molecule has 3 N–H and O–H groups in total. The van der Waals surface area contributed by atoms with E-state index in [0.717, 1.165) is 58.9 Å². The number of hydrogen-bond acceptors (Lipinski definition) is 4. The molecule has 0 spiro atoms. The van der Waals surface area contributed by atoms with Crippen LogP contribution in [0.3, 0.4) is 0 Å². The summed E-state index contributed by atoms with van der Waals surface area (Å²) in [6.45, 7) is 18.2. The van der Waals surface area contributed by atoms with E-state index >= 15 is 0 Å². The summed E-state index contributed by atoms with van der Waals surface area (Å²) in [5.41, 5.74) is 0. The fraction of sp³-hybridized carbons (Fsp3) is 0.889. The Labute approximate surface area is 158 Å². The van der Waals surface area contributed by atoms with Gasteiger partial charge < -0.3 is 29.2 Å². The summed E-state index contributed by atoms with van der Waals surface area (Å²) in [5, 5.41) is 23.7. The van der Waals surface area contributed by atoms with Crippen LogP contribution in [0.4, 0.5) is 0 Å². The molecule has 0 aliphatic heterocycles. The molecule has 0 aliphatic carbocycles. The number of rotatable bonds is 6. The maximum atomic E-state index is 8.25. The second-order valence-electron chi connectivity index (χ2n) is 4.18. The van der Waals surface area contributed by atoms with Crippen LogP contribution in [0.2, 0.25) is 0 Å². The minimum atomic E-state index is 0.250. The van der Waals surface area contributed by atoms with Gasteiger partial charge in [0.15, 0.2) is 0 Å². The second kappa shape index (κ2) is 79.0. The molecule has 0 aromatic rings. The first-order chi connectivity index (χ1) is 11.1. The molecule has 0 aromatic carbocycles. The molecule has 23 heavy (non-hydrogen) atoms. The molecule has 0 unspecified atom stereocenters. The van der Waals surface area contributed by atoms with Gasteiger partial charge in [0, 0.05) is 19.8 Å². The average molecular weight is 372 g/mol. The first-order valence-corrected chi connectivity index (χ1v) is 9.33. The molecular weight excluding hydrogens is 328 g/mol. The van der Waals surface area contributed by atoms with Crippen molar-refractivity contribution in [3.05, 3.63) is 13.8 Å². The van der Waals surface area contributed by atoms with Crippen molar-refractivity contribution in [2.24, 2.45) is 0 Å². The maximum absolute atomic E-state index is 8.25. The molecule has 144 valence electrons. The van der Waals surface area contributed by atoms with Gasteiger partial charge in [-0.25, -0.2) is 0 Å². The van der Waals surface area contributed by atoms with E-state index in [2.05, 4.69) is 41.5 Å². The molecule has 0 heterocycles. The van der Waals surface area contributed by atoms with E-state index in [9.17, 15) is 0 Å². The summed E-state index contributed by atoms with van der Waals surface area (Å²) < 4.78 is 8.25. The van der Waals surface area contributed by atoms with Gasteiger partial charge in [-0.05, 0) is 19.8 Å². The molecule has 0 rings (SSSR count). The van der Waals surface area contributed by atoms with Crippen LogP contribution in [0, 0.1) is 13.8 Å². The Balaban J connectivity index is -0.0000000386. The van der Waals surface area contributed by atoms with E-state index < -0.39 is 0 Å². The van der Waals surface area contributed by atoms with Crippen LogP contribution in [0.15, 0.2) is 0 Å². The summed E-state index contributed by atoms with van der Waals surface area (Å²) in [6, 6.07) is 0. The van der Waals surface area contributed by atoms with Gasteiger partial charge >= 0.3 is 23.7 Å². The molecule has 5 heteroatoms. The number of hydrogen-bond donors (Lipinski definition) is 3. The summed E-state index contributed by atoms with van der Waals surface area (Å²) >= 11 is 0.750. The number of unbranched alkanes of at least 4 members (excludes halogenated alkanes) is 4. The number of aliphatic hydroxyl groups is 3. The molecule has 0 fully saturated rings. The molecule has 0 radical (unpaired) electrons. The van der Waals surface area contributed by atoms with Crippen LogP contribution < -0.4 is 0 Å². The summed E-state index contributed by atoms with van der Waals surface area (Å²) in [6.07, 6.45) is 8.63. The molecule has 4 nitrogen and oxygen atoms in total. The quantitative estimate of drug-likeness (QED) is 0.467. The average Bonchev–Trinajstić information content (AvgIpc) is 2.60. The predicted octanol–water partition coefficient (Wildman–Crippen LogP) is 4.68. The first kappa shape index (κ1) is 38.8. The van der Waals surface area contributed by atoms with Gasteiger partial charge in [-0.1, -0.05) is 53.4 Å². The zero-order valence-electron chi connectivity index (χ0n) is 16.4. The van der Waals surface area contributed by atoms with Crippen LogP contribution in [0.5, 0.6) is 0 Å². The van der Waals surface area contributed by atoms with Crippen LogP contribution >= 0.6 is 0 Å². The third kappa shape index (κ3) is 228. The van der Waals surface area contributed by atoms with Crippen molar-refractivity contribution in [1.29, 1.82) is 0 Å². The van der Waals surface area contributed by atoms with Gasteiger partial charge in [0.25, 0.3) is 0 Å². The predicted molar refractivity (Wildman–Crippen MR) is 98.0 cm³/mol. The van der Waals surface area contributed by atoms with Gasteiger partial charge in [0.1, 0.15) is 0 Å². The normalized spacial score (nSPS) is 7.30. The summed E-state index contributed by atoms with van der Waals surface area (Å²) in [4.78, 5) is 0. The van der Waals surface area contributed by atoms with Gasteiger partial charge in [-0.3, -0.25) is 0 Å². The van der Waals surface area contributed by atoms with Gasteiger partial charge in [0.2, 0.25) is 0 Å². The fourth-order valence-electron chi connectivity index (χ4n) is 0.316. The summed E-state index contributed by atoms with van der Waals surface area (Å²) in [7, 11) is 0. The molecule has 0 bridgehead atoms. The monoisotopic (exact) mass is 372 g/mol. The van der Waals surface area contributed by atoms with Crippen molar-refractivity contribution in [1.82, 2.24) is 0 Å². The molecule has 0 aliphatic rings. The Hall–Kier alpha value is 0.394. The van der Waals surface area contributed by atoms with Gasteiger partial charge in [0.05, 0.1) is 0 Å². The molecule has 0 atom stereocenters. The van der Waals surface area contributed by atoms with E-state index in [4.69, 9.17) is 18.6 Å².